The van der Waals surface area contributed by atoms with Crippen molar-refractivity contribution in [2.24, 2.45) is 5.92 Å². The largest absolute Gasteiger partial charge is 0.469 e. The van der Waals surface area contributed by atoms with Crippen molar-refractivity contribution in [1.29, 1.82) is 0 Å². The average molecular weight is 330 g/mol. The number of ether oxygens (including phenoxy) is 1. The SMILES string of the molecule is CNS(=O)(=O)c1ccc(C(=O)N2CCC(C(=O)OC)CC2)o1. The Morgan fingerprint density at radius 3 is 2.50 bits per heavy atom. The zero-order chi connectivity index (χ0) is 16.3. The lowest BCUT2D eigenvalue weighted by Gasteiger charge is -2.30. The van der Waals surface area contributed by atoms with Gasteiger partial charge in [0.25, 0.3) is 15.9 Å². The Morgan fingerprint density at radius 2 is 1.95 bits per heavy atom. The molecule has 0 aliphatic carbocycles. The highest BCUT2D eigenvalue weighted by molar-refractivity contribution is 7.89. The molecule has 1 aliphatic rings. The minimum Gasteiger partial charge on any atom is -0.469 e. The quantitative estimate of drug-likeness (QED) is 0.791. The van der Waals surface area contributed by atoms with E-state index in [1.54, 1.807) is 0 Å². The molecule has 0 unspecified atom stereocenters. The Balaban J connectivity index is 2.03. The Morgan fingerprint density at radius 1 is 1.32 bits per heavy atom. The number of likely N-dealkylation sites (tertiary alicyclic amines) is 1. The zero-order valence-electron chi connectivity index (χ0n) is 12.4. The number of furan rings is 1. The maximum absolute atomic E-state index is 12.3. The third kappa shape index (κ3) is 3.30. The molecule has 1 saturated heterocycles. The third-order valence-electron chi connectivity index (χ3n) is 3.64. The molecule has 1 fully saturated rings. The number of nitrogens with zero attached hydrogens (tertiary/aromatic N) is 1. The second-order valence-electron chi connectivity index (χ2n) is 4.92. The van der Waals surface area contributed by atoms with Crippen LogP contribution in [0.1, 0.15) is 23.4 Å². The Bertz CT molecular complexity index is 658. The molecule has 0 bridgehead atoms. The highest BCUT2D eigenvalue weighted by atomic mass is 32.2. The number of piperidine rings is 1. The summed E-state index contributed by atoms with van der Waals surface area (Å²) in [6, 6.07) is 2.57. The molecule has 9 heteroatoms. The summed E-state index contributed by atoms with van der Waals surface area (Å²) in [6.07, 6.45) is 1.03. The average Bonchev–Trinajstić information content (AvgIpc) is 3.04. The summed E-state index contributed by atoms with van der Waals surface area (Å²) < 4.78 is 35.1. The number of rotatable bonds is 4. The van der Waals surface area contributed by atoms with Gasteiger partial charge in [-0.3, -0.25) is 9.59 Å². The van der Waals surface area contributed by atoms with E-state index in [-0.39, 0.29) is 28.6 Å². The topological polar surface area (TPSA) is 106 Å². The molecular weight excluding hydrogens is 312 g/mol. The van der Waals surface area contributed by atoms with Crippen molar-refractivity contribution in [1.82, 2.24) is 9.62 Å². The van der Waals surface area contributed by atoms with Crippen LogP contribution in [0.5, 0.6) is 0 Å². The van der Waals surface area contributed by atoms with Crippen molar-refractivity contribution in [2.45, 2.75) is 17.9 Å². The van der Waals surface area contributed by atoms with E-state index < -0.39 is 10.0 Å². The molecular formula is C13H18N2O6S. The van der Waals surface area contributed by atoms with Gasteiger partial charge in [-0.15, -0.1) is 0 Å². The summed E-state index contributed by atoms with van der Waals surface area (Å²) in [5.41, 5.74) is 0. The zero-order valence-corrected chi connectivity index (χ0v) is 13.2. The van der Waals surface area contributed by atoms with E-state index in [1.807, 2.05) is 0 Å². The van der Waals surface area contributed by atoms with Gasteiger partial charge >= 0.3 is 5.97 Å². The van der Waals surface area contributed by atoms with Crippen LogP contribution in [0.3, 0.4) is 0 Å². The van der Waals surface area contributed by atoms with Crippen LogP contribution >= 0.6 is 0 Å². The number of nitrogens with one attached hydrogen (secondary N) is 1. The number of methoxy groups -OCH3 is 1. The second-order valence-corrected chi connectivity index (χ2v) is 6.73. The van der Waals surface area contributed by atoms with Crippen LogP contribution in [-0.4, -0.2) is 52.4 Å². The van der Waals surface area contributed by atoms with Crippen molar-refractivity contribution in [3.05, 3.63) is 17.9 Å². The fraction of sp³-hybridized carbons (Fsp3) is 0.538. The van der Waals surface area contributed by atoms with E-state index in [1.165, 1.54) is 31.2 Å². The second kappa shape index (κ2) is 6.49. The first-order valence-electron chi connectivity index (χ1n) is 6.79. The molecule has 1 aromatic rings. The predicted molar refractivity (Wildman–Crippen MR) is 75.6 cm³/mol. The van der Waals surface area contributed by atoms with Crippen LogP contribution < -0.4 is 4.72 Å². The van der Waals surface area contributed by atoms with Crippen LogP contribution in [-0.2, 0) is 19.6 Å². The van der Waals surface area contributed by atoms with Crippen molar-refractivity contribution in [3.63, 3.8) is 0 Å². The maximum atomic E-state index is 12.3. The van der Waals surface area contributed by atoms with Crippen molar-refractivity contribution < 1.29 is 27.2 Å². The van der Waals surface area contributed by atoms with Gasteiger partial charge in [0, 0.05) is 13.1 Å². The first kappa shape index (κ1) is 16.5. The molecule has 8 nitrogen and oxygen atoms in total. The van der Waals surface area contributed by atoms with Crippen LogP contribution in [0.2, 0.25) is 0 Å². The summed E-state index contributed by atoms with van der Waals surface area (Å²) in [7, 11) is -1.11. The van der Waals surface area contributed by atoms with Gasteiger partial charge < -0.3 is 14.1 Å². The lowest BCUT2D eigenvalue weighted by molar-refractivity contribution is -0.146. The number of sulfonamides is 1. The molecule has 0 spiro atoms. The molecule has 0 radical (unpaired) electrons. The minimum absolute atomic E-state index is 0.0367. The molecule has 1 aliphatic heterocycles. The van der Waals surface area contributed by atoms with Crippen LogP contribution in [0.25, 0.3) is 0 Å². The van der Waals surface area contributed by atoms with Crippen LogP contribution in [0.4, 0.5) is 0 Å². The van der Waals surface area contributed by atoms with Gasteiger partial charge in [-0.2, -0.15) is 0 Å². The lowest BCUT2D eigenvalue weighted by atomic mass is 9.97. The summed E-state index contributed by atoms with van der Waals surface area (Å²) >= 11 is 0. The number of hydrogen-bond acceptors (Lipinski definition) is 6. The number of esters is 1. The standard InChI is InChI=1S/C13H18N2O6S/c1-14-22(18,19)11-4-3-10(21-11)12(16)15-7-5-9(6-8-15)13(17)20-2/h3-4,9,14H,5-8H2,1-2H3. The summed E-state index contributed by atoms with van der Waals surface area (Å²) in [6.45, 7) is 0.792. The first-order valence-corrected chi connectivity index (χ1v) is 8.28. The normalized spacial score (nSPS) is 16.5. The molecule has 0 aromatic carbocycles. The summed E-state index contributed by atoms with van der Waals surface area (Å²) in [5.74, 6) is -0.899. The summed E-state index contributed by atoms with van der Waals surface area (Å²) in [4.78, 5) is 25.3. The number of carbonyl (C=O) groups excluding carboxylic acids is 2. The Kier molecular flexibility index (Phi) is 4.87. The molecule has 1 aromatic heterocycles. The van der Waals surface area contributed by atoms with Gasteiger partial charge in [-0.25, -0.2) is 13.1 Å². The molecule has 1 amide bonds. The van der Waals surface area contributed by atoms with Gasteiger partial charge in [0.05, 0.1) is 13.0 Å². The molecule has 0 saturated carbocycles. The van der Waals surface area contributed by atoms with Gasteiger partial charge in [0.15, 0.2) is 5.76 Å². The molecule has 0 atom stereocenters. The minimum atomic E-state index is -3.71. The van der Waals surface area contributed by atoms with E-state index in [4.69, 9.17) is 4.42 Å². The van der Waals surface area contributed by atoms with Crippen LogP contribution in [0.15, 0.2) is 21.6 Å². The van der Waals surface area contributed by atoms with Crippen molar-refractivity contribution in [2.75, 3.05) is 27.2 Å². The predicted octanol–water partition coefficient (Wildman–Crippen LogP) is 0.213. The monoisotopic (exact) mass is 330 g/mol. The molecule has 122 valence electrons. The molecule has 2 rings (SSSR count). The van der Waals surface area contributed by atoms with Crippen LogP contribution in [0, 0.1) is 5.92 Å². The molecule has 2 heterocycles. The van der Waals surface area contributed by atoms with Crippen molar-refractivity contribution >= 4 is 21.9 Å². The van der Waals surface area contributed by atoms with Gasteiger partial charge in [-0.05, 0) is 32.0 Å². The van der Waals surface area contributed by atoms with Crippen molar-refractivity contribution in [3.8, 4) is 0 Å². The first-order chi connectivity index (χ1) is 10.4. The smallest absolute Gasteiger partial charge is 0.308 e. The van der Waals surface area contributed by atoms with E-state index in [9.17, 15) is 18.0 Å². The Labute approximate surface area is 128 Å². The van der Waals surface area contributed by atoms with Gasteiger partial charge in [-0.1, -0.05) is 0 Å². The van der Waals surface area contributed by atoms with Gasteiger partial charge in [0.2, 0.25) is 5.09 Å². The lowest BCUT2D eigenvalue weighted by Crippen LogP contribution is -2.40. The fourth-order valence-electron chi connectivity index (χ4n) is 2.32. The molecule has 1 N–H and O–H groups in total. The van der Waals surface area contributed by atoms with Gasteiger partial charge in [0.1, 0.15) is 0 Å². The van der Waals surface area contributed by atoms with E-state index in [0.717, 1.165) is 0 Å². The van der Waals surface area contributed by atoms with E-state index in [2.05, 4.69) is 9.46 Å². The highest BCUT2D eigenvalue weighted by Crippen LogP contribution is 2.21. The number of hydrogen-bond donors (Lipinski definition) is 1. The number of carbonyl (C=O) groups is 2. The number of amides is 1. The maximum Gasteiger partial charge on any atom is 0.308 e. The highest BCUT2D eigenvalue weighted by Gasteiger charge is 2.30. The van der Waals surface area contributed by atoms with E-state index in [0.29, 0.717) is 25.9 Å². The molecule has 22 heavy (non-hydrogen) atoms. The summed E-state index contributed by atoms with van der Waals surface area (Å²) in [5, 5.41) is -0.303. The third-order valence-corrected chi connectivity index (χ3v) is 4.93. The fourth-order valence-corrected chi connectivity index (χ4v) is 2.97. The Hall–Kier alpha value is -1.87. The van der Waals surface area contributed by atoms with E-state index >= 15 is 0 Å².